The number of nitrogens with zero attached hydrogens (tertiary/aromatic N) is 1. The zero-order chi connectivity index (χ0) is 12.5. The standard InChI is InChI=1S/C11H13NO3S2/c1-8-12-11-9(4-2-6-10(11)16-8)5-3-7-17(13,14)15/h2,4,6H,3,5,7H2,1H3,(H,13,14,15). The Balaban J connectivity index is 2.18. The molecular formula is C11H13NO3S2. The molecule has 92 valence electrons. The Morgan fingerprint density at radius 1 is 1.41 bits per heavy atom. The van der Waals surface area contributed by atoms with Crippen molar-refractivity contribution in [1.82, 2.24) is 4.98 Å². The Labute approximate surface area is 104 Å². The topological polar surface area (TPSA) is 67.3 Å². The molecule has 1 aromatic heterocycles. The number of hydrogen-bond acceptors (Lipinski definition) is 4. The first-order chi connectivity index (χ1) is 7.96. The molecule has 0 saturated carbocycles. The molecule has 0 spiro atoms. The fourth-order valence-electron chi connectivity index (χ4n) is 1.76. The van der Waals surface area contributed by atoms with Crippen LogP contribution < -0.4 is 0 Å². The van der Waals surface area contributed by atoms with Gasteiger partial charge in [0.05, 0.1) is 21.0 Å². The quantitative estimate of drug-likeness (QED) is 0.867. The third-order valence-electron chi connectivity index (χ3n) is 2.46. The SMILES string of the molecule is Cc1nc2c(CCCS(=O)(=O)O)cccc2s1. The number of hydrogen-bond donors (Lipinski definition) is 1. The van der Waals surface area contributed by atoms with Crippen molar-refractivity contribution in [1.29, 1.82) is 0 Å². The van der Waals surface area contributed by atoms with Gasteiger partial charge in [-0.1, -0.05) is 12.1 Å². The van der Waals surface area contributed by atoms with Crippen LogP contribution in [0.15, 0.2) is 18.2 Å². The molecule has 6 heteroatoms. The lowest BCUT2D eigenvalue weighted by Crippen LogP contribution is -2.04. The van der Waals surface area contributed by atoms with Crippen molar-refractivity contribution in [2.45, 2.75) is 19.8 Å². The molecule has 0 fully saturated rings. The van der Waals surface area contributed by atoms with Gasteiger partial charge in [-0.25, -0.2) is 4.98 Å². The van der Waals surface area contributed by atoms with E-state index in [0.717, 1.165) is 20.8 Å². The highest BCUT2D eigenvalue weighted by Gasteiger charge is 2.08. The molecule has 1 aromatic carbocycles. The minimum absolute atomic E-state index is 0.202. The lowest BCUT2D eigenvalue weighted by molar-refractivity contribution is 0.481. The highest BCUT2D eigenvalue weighted by atomic mass is 32.2. The number of aryl methyl sites for hydroxylation is 2. The summed E-state index contributed by atoms with van der Waals surface area (Å²) in [6, 6.07) is 5.90. The lowest BCUT2D eigenvalue weighted by Gasteiger charge is -2.01. The molecule has 17 heavy (non-hydrogen) atoms. The normalized spacial score (nSPS) is 12.1. The Bertz CT molecular complexity index is 631. The molecule has 2 rings (SSSR count). The lowest BCUT2D eigenvalue weighted by atomic mass is 10.1. The highest BCUT2D eigenvalue weighted by Crippen LogP contribution is 2.25. The zero-order valence-electron chi connectivity index (χ0n) is 9.38. The van der Waals surface area contributed by atoms with Crippen molar-refractivity contribution in [3.63, 3.8) is 0 Å². The molecule has 1 heterocycles. The van der Waals surface area contributed by atoms with Gasteiger partial charge in [-0.2, -0.15) is 8.42 Å². The number of rotatable bonds is 4. The number of aromatic nitrogens is 1. The van der Waals surface area contributed by atoms with Crippen molar-refractivity contribution in [2.75, 3.05) is 5.75 Å². The maximum Gasteiger partial charge on any atom is 0.264 e. The van der Waals surface area contributed by atoms with Gasteiger partial charge in [-0.3, -0.25) is 4.55 Å². The van der Waals surface area contributed by atoms with Gasteiger partial charge in [-0.05, 0) is 31.4 Å². The summed E-state index contributed by atoms with van der Waals surface area (Å²) in [6.07, 6.45) is 1.02. The van der Waals surface area contributed by atoms with E-state index in [-0.39, 0.29) is 5.75 Å². The van der Waals surface area contributed by atoms with E-state index < -0.39 is 10.1 Å². The van der Waals surface area contributed by atoms with Crippen molar-refractivity contribution in [3.05, 3.63) is 28.8 Å². The van der Waals surface area contributed by atoms with Gasteiger partial charge in [0, 0.05) is 0 Å². The minimum Gasteiger partial charge on any atom is -0.286 e. The molecule has 0 unspecified atom stereocenters. The van der Waals surface area contributed by atoms with E-state index in [0.29, 0.717) is 12.8 Å². The average molecular weight is 271 g/mol. The Hall–Kier alpha value is -0.980. The van der Waals surface area contributed by atoms with Crippen LogP contribution >= 0.6 is 11.3 Å². The monoisotopic (exact) mass is 271 g/mol. The van der Waals surface area contributed by atoms with Crippen LogP contribution in [0.2, 0.25) is 0 Å². The number of para-hydroxylation sites is 1. The largest absolute Gasteiger partial charge is 0.286 e. The summed E-state index contributed by atoms with van der Waals surface area (Å²) in [7, 11) is -3.86. The van der Waals surface area contributed by atoms with Gasteiger partial charge in [0.15, 0.2) is 0 Å². The molecule has 0 aliphatic carbocycles. The van der Waals surface area contributed by atoms with E-state index in [4.69, 9.17) is 4.55 Å². The highest BCUT2D eigenvalue weighted by molar-refractivity contribution is 7.85. The maximum absolute atomic E-state index is 10.6. The van der Waals surface area contributed by atoms with Crippen LogP contribution in [0.3, 0.4) is 0 Å². The first-order valence-electron chi connectivity index (χ1n) is 5.26. The van der Waals surface area contributed by atoms with Crippen LogP contribution in [0.1, 0.15) is 17.0 Å². The Morgan fingerprint density at radius 2 is 2.18 bits per heavy atom. The Kier molecular flexibility index (Phi) is 3.46. The summed E-state index contributed by atoms with van der Waals surface area (Å²) >= 11 is 1.63. The summed E-state index contributed by atoms with van der Waals surface area (Å²) in [5.74, 6) is -0.202. The third-order valence-corrected chi connectivity index (χ3v) is 4.20. The summed E-state index contributed by atoms with van der Waals surface area (Å²) in [4.78, 5) is 4.43. The molecule has 4 nitrogen and oxygen atoms in total. The summed E-state index contributed by atoms with van der Waals surface area (Å²) in [6.45, 7) is 1.95. The van der Waals surface area contributed by atoms with Gasteiger partial charge >= 0.3 is 0 Å². The summed E-state index contributed by atoms with van der Waals surface area (Å²) in [5, 5.41) is 1.00. The number of fused-ring (bicyclic) bond motifs is 1. The second kappa shape index (κ2) is 4.72. The fraction of sp³-hybridized carbons (Fsp3) is 0.364. The first kappa shape index (κ1) is 12.5. The second-order valence-corrected chi connectivity index (χ2v) is 6.69. The smallest absolute Gasteiger partial charge is 0.264 e. The van der Waals surface area contributed by atoms with E-state index in [1.165, 1.54) is 0 Å². The van der Waals surface area contributed by atoms with E-state index in [2.05, 4.69) is 4.98 Å². The van der Waals surface area contributed by atoms with Crippen molar-refractivity contribution in [3.8, 4) is 0 Å². The molecule has 0 bridgehead atoms. The molecule has 1 N–H and O–H groups in total. The van der Waals surface area contributed by atoms with Crippen molar-refractivity contribution < 1.29 is 13.0 Å². The summed E-state index contributed by atoms with van der Waals surface area (Å²) in [5.41, 5.74) is 1.99. The predicted octanol–water partition coefficient (Wildman–Crippen LogP) is 2.43. The van der Waals surface area contributed by atoms with Crippen LogP contribution in [-0.4, -0.2) is 23.7 Å². The van der Waals surface area contributed by atoms with Crippen molar-refractivity contribution >= 4 is 31.7 Å². The van der Waals surface area contributed by atoms with Crippen LogP contribution in [0.25, 0.3) is 10.2 Å². The molecule has 0 radical (unpaired) electrons. The van der Waals surface area contributed by atoms with Crippen molar-refractivity contribution in [2.24, 2.45) is 0 Å². The predicted molar refractivity (Wildman–Crippen MR) is 69.1 cm³/mol. The molecular weight excluding hydrogens is 258 g/mol. The minimum atomic E-state index is -3.86. The van der Waals surface area contributed by atoms with Crippen LogP contribution in [-0.2, 0) is 16.5 Å². The van der Waals surface area contributed by atoms with Crippen LogP contribution in [0.4, 0.5) is 0 Å². The maximum atomic E-state index is 10.6. The molecule has 0 aliphatic rings. The molecule has 0 amide bonds. The van der Waals surface area contributed by atoms with E-state index >= 15 is 0 Å². The molecule has 0 saturated heterocycles. The van der Waals surface area contributed by atoms with Gasteiger partial charge in [0.25, 0.3) is 10.1 Å². The third kappa shape index (κ3) is 3.24. The average Bonchev–Trinajstić information content (AvgIpc) is 2.57. The van der Waals surface area contributed by atoms with Crippen LogP contribution in [0.5, 0.6) is 0 Å². The first-order valence-corrected chi connectivity index (χ1v) is 7.68. The number of thiazole rings is 1. The van der Waals surface area contributed by atoms with Gasteiger partial charge in [-0.15, -0.1) is 11.3 Å². The molecule has 0 aliphatic heterocycles. The Morgan fingerprint density at radius 3 is 2.88 bits per heavy atom. The van der Waals surface area contributed by atoms with Gasteiger partial charge in [0.2, 0.25) is 0 Å². The van der Waals surface area contributed by atoms with Gasteiger partial charge < -0.3 is 0 Å². The fourth-order valence-corrected chi connectivity index (χ4v) is 3.15. The van der Waals surface area contributed by atoms with E-state index in [1.807, 2.05) is 25.1 Å². The summed E-state index contributed by atoms with van der Waals surface area (Å²) < 4.78 is 31.1. The molecule has 0 atom stereocenters. The van der Waals surface area contributed by atoms with E-state index in [1.54, 1.807) is 11.3 Å². The zero-order valence-corrected chi connectivity index (χ0v) is 11.0. The van der Waals surface area contributed by atoms with E-state index in [9.17, 15) is 8.42 Å². The number of benzene rings is 1. The van der Waals surface area contributed by atoms with Gasteiger partial charge in [0.1, 0.15) is 0 Å². The molecule has 2 aromatic rings. The van der Waals surface area contributed by atoms with Crippen LogP contribution in [0, 0.1) is 6.92 Å². The second-order valence-electron chi connectivity index (χ2n) is 3.89.